The van der Waals surface area contributed by atoms with Crippen molar-refractivity contribution in [2.24, 2.45) is 0 Å². The summed E-state index contributed by atoms with van der Waals surface area (Å²) in [4.78, 5) is 13.6. The number of amides is 1. The number of carbonyl (C=O) groups is 1. The van der Waals surface area contributed by atoms with Gasteiger partial charge in [0.2, 0.25) is 10.4 Å². The molecule has 1 aliphatic rings. The second-order valence-electron chi connectivity index (χ2n) is 3.87. The molecule has 5 nitrogen and oxygen atoms in total. The zero-order valence-corrected chi connectivity index (χ0v) is 10.8. The Morgan fingerprint density at radius 2 is 2.22 bits per heavy atom. The van der Waals surface area contributed by atoms with Crippen molar-refractivity contribution in [1.82, 2.24) is 10.2 Å². The van der Waals surface area contributed by atoms with Crippen molar-refractivity contribution in [3.05, 3.63) is 33.7 Å². The number of anilines is 2. The Hall–Kier alpha value is -1.66. The van der Waals surface area contributed by atoms with Crippen LogP contribution >= 0.6 is 22.9 Å². The minimum atomic E-state index is -0.0238. The van der Waals surface area contributed by atoms with Gasteiger partial charge in [0.1, 0.15) is 5.01 Å². The van der Waals surface area contributed by atoms with Crippen molar-refractivity contribution in [3.63, 3.8) is 0 Å². The maximum Gasteiger partial charge on any atom is 0.243 e. The van der Waals surface area contributed by atoms with E-state index in [1.165, 1.54) is 11.3 Å². The normalized spacial score (nSPS) is 14.3. The molecule has 1 aromatic carbocycles. The van der Waals surface area contributed by atoms with Crippen molar-refractivity contribution < 1.29 is 4.79 Å². The first kappa shape index (κ1) is 11.4. The molecule has 0 saturated carbocycles. The van der Waals surface area contributed by atoms with Crippen LogP contribution in [0.15, 0.2) is 24.3 Å². The van der Waals surface area contributed by atoms with Gasteiger partial charge in [-0.15, -0.1) is 10.2 Å². The van der Waals surface area contributed by atoms with Gasteiger partial charge in [0.25, 0.3) is 0 Å². The van der Waals surface area contributed by atoms with Gasteiger partial charge >= 0.3 is 0 Å². The first-order valence-electron chi connectivity index (χ1n) is 5.34. The lowest BCUT2D eigenvalue weighted by Gasteiger charge is -2.29. The molecule has 18 heavy (non-hydrogen) atoms. The molecule has 1 amide bonds. The summed E-state index contributed by atoms with van der Waals surface area (Å²) < 4.78 is 0.416. The molecule has 0 bridgehead atoms. The van der Waals surface area contributed by atoms with E-state index >= 15 is 0 Å². The summed E-state index contributed by atoms with van der Waals surface area (Å²) in [6, 6.07) is 7.69. The van der Waals surface area contributed by atoms with Crippen molar-refractivity contribution in [1.29, 1.82) is 0 Å². The van der Waals surface area contributed by atoms with E-state index in [0.29, 0.717) is 17.6 Å². The zero-order chi connectivity index (χ0) is 12.5. The number of halogens is 1. The Kier molecular flexibility index (Phi) is 2.89. The van der Waals surface area contributed by atoms with E-state index in [9.17, 15) is 4.79 Å². The van der Waals surface area contributed by atoms with Crippen LogP contribution in [0.3, 0.4) is 0 Å². The van der Waals surface area contributed by atoms with E-state index in [0.717, 1.165) is 16.4 Å². The minimum Gasteiger partial charge on any atom is -0.354 e. The maximum absolute atomic E-state index is 11.6. The van der Waals surface area contributed by atoms with Gasteiger partial charge in [0, 0.05) is 0 Å². The quantitative estimate of drug-likeness (QED) is 0.916. The van der Waals surface area contributed by atoms with E-state index in [4.69, 9.17) is 11.6 Å². The van der Waals surface area contributed by atoms with Crippen LogP contribution in [0.1, 0.15) is 5.01 Å². The molecule has 1 N–H and O–H groups in total. The van der Waals surface area contributed by atoms with Crippen molar-refractivity contribution in [2.45, 2.75) is 6.54 Å². The number of benzene rings is 1. The van der Waals surface area contributed by atoms with Gasteiger partial charge in [-0.25, -0.2) is 0 Å². The molecular weight excluding hydrogens is 272 g/mol. The topological polar surface area (TPSA) is 58.1 Å². The fourth-order valence-electron chi connectivity index (χ4n) is 1.90. The summed E-state index contributed by atoms with van der Waals surface area (Å²) in [6.45, 7) is 0.850. The molecule has 0 saturated heterocycles. The molecule has 0 radical (unpaired) electrons. The highest BCUT2D eigenvalue weighted by Crippen LogP contribution is 2.30. The van der Waals surface area contributed by atoms with Crippen molar-refractivity contribution >= 4 is 40.2 Å². The van der Waals surface area contributed by atoms with E-state index in [-0.39, 0.29) is 5.91 Å². The van der Waals surface area contributed by atoms with Gasteiger partial charge in [-0.3, -0.25) is 4.79 Å². The lowest BCUT2D eigenvalue weighted by molar-refractivity contribution is -0.115. The molecule has 2 aromatic rings. The van der Waals surface area contributed by atoms with Crippen LogP contribution in [0.4, 0.5) is 11.4 Å². The highest BCUT2D eigenvalue weighted by molar-refractivity contribution is 7.15. The van der Waals surface area contributed by atoms with Crippen LogP contribution in [-0.4, -0.2) is 22.6 Å². The minimum absolute atomic E-state index is 0.0238. The first-order chi connectivity index (χ1) is 8.72. The Labute approximate surface area is 112 Å². The molecule has 3 rings (SSSR count). The summed E-state index contributed by atoms with van der Waals surface area (Å²) in [5.74, 6) is -0.0238. The Balaban J connectivity index is 1.90. The Bertz CT molecular complexity index is 600. The fraction of sp³-hybridized carbons (Fsp3) is 0.182. The van der Waals surface area contributed by atoms with Crippen LogP contribution in [0.2, 0.25) is 4.47 Å². The standard InChI is InChI=1S/C11H9ClN4OS/c12-11-15-14-10(18-11)6-16-5-9(17)13-7-3-1-2-4-8(7)16/h1-4H,5-6H2,(H,13,17). The molecule has 1 aliphatic heterocycles. The van der Waals surface area contributed by atoms with Crippen molar-refractivity contribution in [2.75, 3.05) is 16.8 Å². The van der Waals surface area contributed by atoms with Gasteiger partial charge in [-0.1, -0.05) is 23.5 Å². The van der Waals surface area contributed by atoms with E-state index < -0.39 is 0 Å². The lowest BCUT2D eigenvalue weighted by Crippen LogP contribution is -2.37. The fourth-order valence-corrected chi connectivity index (χ4v) is 2.79. The van der Waals surface area contributed by atoms with Gasteiger partial charge < -0.3 is 10.2 Å². The predicted octanol–water partition coefficient (Wildman–Crippen LogP) is 2.15. The molecule has 0 atom stereocenters. The van der Waals surface area contributed by atoms with Crippen molar-refractivity contribution in [3.8, 4) is 0 Å². The summed E-state index contributed by atoms with van der Waals surface area (Å²) >= 11 is 7.08. The SMILES string of the molecule is O=C1CN(Cc2nnc(Cl)s2)c2ccccc2N1. The van der Waals surface area contributed by atoms with Crippen LogP contribution in [0.5, 0.6) is 0 Å². The molecule has 92 valence electrons. The first-order valence-corrected chi connectivity index (χ1v) is 6.53. The second kappa shape index (κ2) is 4.55. The van der Waals surface area contributed by atoms with E-state index in [2.05, 4.69) is 15.5 Å². The smallest absolute Gasteiger partial charge is 0.243 e. The summed E-state index contributed by atoms with van der Waals surface area (Å²) in [7, 11) is 0. The molecule has 0 aliphatic carbocycles. The average molecular weight is 281 g/mol. The summed E-state index contributed by atoms with van der Waals surface area (Å²) in [5.41, 5.74) is 1.81. The third-order valence-corrected chi connectivity index (χ3v) is 3.63. The summed E-state index contributed by atoms with van der Waals surface area (Å²) in [6.07, 6.45) is 0. The molecule has 2 heterocycles. The molecule has 1 aromatic heterocycles. The number of hydrogen-bond donors (Lipinski definition) is 1. The number of para-hydroxylation sites is 2. The molecule has 0 unspecified atom stereocenters. The van der Waals surface area contributed by atoms with E-state index in [1.54, 1.807) is 0 Å². The molecule has 0 fully saturated rings. The number of nitrogens with zero attached hydrogens (tertiary/aromatic N) is 3. The van der Waals surface area contributed by atoms with Crippen LogP contribution in [0, 0.1) is 0 Å². The third kappa shape index (κ3) is 2.16. The second-order valence-corrected chi connectivity index (χ2v) is 5.51. The highest BCUT2D eigenvalue weighted by Gasteiger charge is 2.22. The Morgan fingerprint density at radius 3 is 3.00 bits per heavy atom. The number of nitrogens with one attached hydrogen (secondary N) is 1. The van der Waals surface area contributed by atoms with Crippen LogP contribution < -0.4 is 10.2 Å². The van der Waals surface area contributed by atoms with Crippen LogP contribution in [-0.2, 0) is 11.3 Å². The molecule has 7 heteroatoms. The Morgan fingerprint density at radius 1 is 1.39 bits per heavy atom. The number of aromatic nitrogens is 2. The van der Waals surface area contributed by atoms with Crippen LogP contribution in [0.25, 0.3) is 0 Å². The van der Waals surface area contributed by atoms with Gasteiger partial charge in [-0.05, 0) is 23.7 Å². The lowest BCUT2D eigenvalue weighted by atomic mass is 10.2. The highest BCUT2D eigenvalue weighted by atomic mass is 35.5. The van der Waals surface area contributed by atoms with E-state index in [1.807, 2.05) is 29.2 Å². The van der Waals surface area contributed by atoms with Gasteiger partial charge in [-0.2, -0.15) is 0 Å². The number of carbonyl (C=O) groups excluding carboxylic acids is 1. The molecule has 0 spiro atoms. The van der Waals surface area contributed by atoms with Gasteiger partial charge in [0.15, 0.2) is 0 Å². The number of hydrogen-bond acceptors (Lipinski definition) is 5. The largest absolute Gasteiger partial charge is 0.354 e. The van der Waals surface area contributed by atoms with Gasteiger partial charge in [0.05, 0.1) is 24.5 Å². The number of rotatable bonds is 2. The number of fused-ring (bicyclic) bond motifs is 1. The molecular formula is C11H9ClN4OS. The predicted molar refractivity (Wildman–Crippen MR) is 71.0 cm³/mol. The monoisotopic (exact) mass is 280 g/mol. The zero-order valence-electron chi connectivity index (χ0n) is 9.26. The maximum atomic E-state index is 11.6. The average Bonchev–Trinajstić information content (AvgIpc) is 2.74. The summed E-state index contributed by atoms with van der Waals surface area (Å²) in [5, 5.41) is 11.4. The third-order valence-electron chi connectivity index (χ3n) is 2.62.